The first-order chi connectivity index (χ1) is 28.5. The first kappa shape index (κ1) is 43.5. The average Bonchev–Trinajstić information content (AvgIpc) is 3.24. The Bertz CT molecular complexity index is 2080. The molecule has 0 saturated carbocycles. The van der Waals surface area contributed by atoms with Gasteiger partial charge in [0.05, 0.1) is 5.52 Å². The SMILES string of the molecule is NC(=O)C1CCCCNC(=O)CCC(=O)NCCCC[C@H](NC(=O)c2ccc3ccccc3n2)C(=O)N[C@@H](Cc2ccccc2)C(=O)NC(Cc2ccccc2)C(=O)N1. The van der Waals surface area contributed by atoms with Crippen molar-refractivity contribution < 1.29 is 33.6 Å². The zero-order chi connectivity index (χ0) is 42.0. The highest BCUT2D eigenvalue weighted by molar-refractivity contribution is 5.99. The minimum atomic E-state index is -1.19. The molecule has 1 aliphatic heterocycles. The number of carbonyl (C=O) groups excluding carboxylic acids is 7. The van der Waals surface area contributed by atoms with E-state index < -0.39 is 53.7 Å². The van der Waals surface area contributed by atoms with Crippen LogP contribution in [0, 0.1) is 0 Å². The van der Waals surface area contributed by atoms with Crippen LogP contribution >= 0.6 is 0 Å². The van der Waals surface area contributed by atoms with Crippen LogP contribution in [0.1, 0.15) is 73.0 Å². The molecule has 0 radical (unpaired) electrons. The largest absolute Gasteiger partial charge is 0.368 e. The van der Waals surface area contributed by atoms with Crippen molar-refractivity contribution in [3.05, 3.63) is 114 Å². The molecule has 2 unspecified atom stereocenters. The van der Waals surface area contributed by atoms with Crippen LogP contribution in [0.4, 0.5) is 0 Å². The normalized spacial score (nSPS) is 21.1. The summed E-state index contributed by atoms with van der Waals surface area (Å²) in [6, 6.07) is 24.2. The molecule has 1 aromatic heterocycles. The zero-order valence-corrected chi connectivity index (χ0v) is 32.9. The van der Waals surface area contributed by atoms with E-state index in [0.717, 1.165) is 16.5 Å². The van der Waals surface area contributed by atoms with Crippen LogP contribution in [0.2, 0.25) is 0 Å². The Balaban J connectivity index is 1.42. The molecule has 4 atom stereocenters. The number of aromatic nitrogens is 1. The van der Waals surface area contributed by atoms with Crippen molar-refractivity contribution in [1.29, 1.82) is 0 Å². The van der Waals surface area contributed by atoms with E-state index in [1.54, 1.807) is 60.7 Å². The van der Waals surface area contributed by atoms with Gasteiger partial charge >= 0.3 is 0 Å². The number of nitrogens with zero attached hydrogens (tertiary/aromatic N) is 1. The predicted molar refractivity (Wildman–Crippen MR) is 221 cm³/mol. The van der Waals surface area contributed by atoms with E-state index in [2.05, 4.69) is 36.9 Å². The summed E-state index contributed by atoms with van der Waals surface area (Å²) in [4.78, 5) is 97.9. The van der Waals surface area contributed by atoms with E-state index >= 15 is 0 Å². The van der Waals surface area contributed by atoms with Gasteiger partial charge in [0.1, 0.15) is 29.9 Å². The molecule has 0 spiro atoms. The maximum absolute atomic E-state index is 14.3. The highest BCUT2D eigenvalue weighted by atomic mass is 16.2. The fourth-order valence-electron chi connectivity index (χ4n) is 6.72. The van der Waals surface area contributed by atoms with Gasteiger partial charge in [0.2, 0.25) is 35.4 Å². The predicted octanol–water partition coefficient (Wildman–Crippen LogP) is 2.13. The number of hydrogen-bond acceptors (Lipinski definition) is 8. The quantitative estimate of drug-likeness (QED) is 0.146. The lowest BCUT2D eigenvalue weighted by molar-refractivity contribution is -0.133. The molecule has 5 rings (SSSR count). The van der Waals surface area contributed by atoms with Crippen LogP contribution < -0.4 is 37.6 Å². The van der Waals surface area contributed by atoms with Gasteiger partial charge in [-0.25, -0.2) is 4.98 Å². The second-order valence-corrected chi connectivity index (χ2v) is 14.6. The van der Waals surface area contributed by atoms with Crippen molar-refractivity contribution in [3.63, 3.8) is 0 Å². The summed E-state index contributed by atoms with van der Waals surface area (Å²) >= 11 is 0. The standard InChI is InChI=1S/C44H52N8O7/c45-40(55)33-19-9-11-25-46-38(53)23-24-39(54)47-26-12-10-20-34(50-42(57)35-22-21-31-17-7-8-18-32(31)48-35)41(56)51-37(28-30-15-5-2-6-16-30)44(59)52-36(43(58)49-33)27-29-13-3-1-4-14-29/h1-8,13-18,21-22,33-34,36-37H,9-12,19-20,23-28H2,(H2,45,55)(H,46,53)(H,47,54)(H,49,58)(H,50,57)(H,51,56)(H,52,59)/t33?,34-,36?,37-/m0/s1. The number of fused-ring (bicyclic) bond motifs is 1. The third-order valence-corrected chi connectivity index (χ3v) is 10.0. The summed E-state index contributed by atoms with van der Waals surface area (Å²) in [5.41, 5.74) is 7.85. The zero-order valence-electron chi connectivity index (χ0n) is 32.9. The Labute approximate surface area is 343 Å². The molecule has 15 nitrogen and oxygen atoms in total. The molecule has 3 aromatic carbocycles. The number of rotatable bonds is 7. The Morgan fingerprint density at radius 1 is 0.610 bits per heavy atom. The third-order valence-electron chi connectivity index (χ3n) is 10.0. The number of nitrogens with one attached hydrogen (secondary N) is 6. The van der Waals surface area contributed by atoms with E-state index in [0.29, 0.717) is 37.7 Å². The van der Waals surface area contributed by atoms with Crippen molar-refractivity contribution in [1.82, 2.24) is 36.9 Å². The maximum Gasteiger partial charge on any atom is 0.270 e. The molecular formula is C44H52N8O7. The minimum absolute atomic E-state index is 0.0123. The summed E-state index contributed by atoms with van der Waals surface area (Å²) in [6.07, 6.45) is 2.21. The summed E-state index contributed by atoms with van der Waals surface area (Å²) in [5, 5.41) is 17.6. The molecule has 0 bridgehead atoms. The van der Waals surface area contributed by atoms with Crippen LogP contribution in [0.3, 0.4) is 0 Å². The van der Waals surface area contributed by atoms with Crippen molar-refractivity contribution in [2.45, 2.75) is 88.4 Å². The van der Waals surface area contributed by atoms with Gasteiger partial charge in [-0.15, -0.1) is 0 Å². The smallest absolute Gasteiger partial charge is 0.270 e. The van der Waals surface area contributed by atoms with Crippen LogP contribution in [0.25, 0.3) is 10.9 Å². The fourth-order valence-corrected chi connectivity index (χ4v) is 6.72. The molecule has 8 N–H and O–H groups in total. The highest BCUT2D eigenvalue weighted by Crippen LogP contribution is 2.14. The lowest BCUT2D eigenvalue weighted by Crippen LogP contribution is -2.59. The number of benzene rings is 3. The molecule has 1 saturated heterocycles. The molecule has 4 aromatic rings. The lowest BCUT2D eigenvalue weighted by Gasteiger charge is -2.26. The lowest BCUT2D eigenvalue weighted by atomic mass is 10.0. The van der Waals surface area contributed by atoms with Gasteiger partial charge in [-0.2, -0.15) is 0 Å². The molecular weight excluding hydrogens is 753 g/mol. The maximum atomic E-state index is 14.3. The first-order valence-corrected chi connectivity index (χ1v) is 20.0. The number of pyridine rings is 1. The highest BCUT2D eigenvalue weighted by Gasteiger charge is 2.32. The molecule has 2 heterocycles. The molecule has 7 amide bonds. The van der Waals surface area contributed by atoms with E-state index in [1.807, 2.05) is 36.4 Å². The Morgan fingerprint density at radius 3 is 1.73 bits per heavy atom. The number of amides is 7. The second kappa shape index (κ2) is 22.3. The van der Waals surface area contributed by atoms with Crippen LogP contribution in [0.15, 0.2) is 97.1 Å². The van der Waals surface area contributed by atoms with E-state index in [1.165, 1.54) is 0 Å². The Morgan fingerprint density at radius 2 is 1.14 bits per heavy atom. The fraction of sp³-hybridized carbons (Fsp3) is 0.364. The van der Waals surface area contributed by atoms with Gasteiger partial charge in [0.15, 0.2) is 0 Å². The Hall–Kier alpha value is -6.64. The molecule has 59 heavy (non-hydrogen) atoms. The van der Waals surface area contributed by atoms with Gasteiger partial charge in [0.25, 0.3) is 5.91 Å². The number of carbonyl (C=O) groups is 7. The monoisotopic (exact) mass is 804 g/mol. The van der Waals surface area contributed by atoms with E-state index in [9.17, 15) is 33.6 Å². The van der Waals surface area contributed by atoms with Gasteiger partial charge in [-0.1, -0.05) is 84.9 Å². The van der Waals surface area contributed by atoms with Crippen molar-refractivity contribution >= 4 is 52.3 Å². The van der Waals surface area contributed by atoms with Crippen molar-refractivity contribution in [2.24, 2.45) is 5.73 Å². The van der Waals surface area contributed by atoms with E-state index in [4.69, 9.17) is 5.73 Å². The van der Waals surface area contributed by atoms with Crippen LogP contribution in [0.5, 0.6) is 0 Å². The molecule has 310 valence electrons. The van der Waals surface area contributed by atoms with Crippen molar-refractivity contribution in [2.75, 3.05) is 13.1 Å². The first-order valence-electron chi connectivity index (χ1n) is 20.0. The Kier molecular flexibility index (Phi) is 16.5. The van der Waals surface area contributed by atoms with Gasteiger partial charge in [-0.3, -0.25) is 33.6 Å². The van der Waals surface area contributed by atoms with Crippen LogP contribution in [-0.4, -0.2) is 83.6 Å². The number of para-hydroxylation sites is 1. The average molecular weight is 805 g/mol. The van der Waals surface area contributed by atoms with E-state index in [-0.39, 0.29) is 62.6 Å². The topological polar surface area (TPSA) is 231 Å². The molecule has 1 aliphatic rings. The summed E-state index contributed by atoms with van der Waals surface area (Å²) < 4.78 is 0. The number of primary amides is 1. The number of hydrogen-bond donors (Lipinski definition) is 7. The van der Waals surface area contributed by atoms with Crippen LogP contribution in [-0.2, 0) is 41.6 Å². The second-order valence-electron chi connectivity index (χ2n) is 14.6. The molecule has 1 fully saturated rings. The van der Waals surface area contributed by atoms with Gasteiger partial charge in [-0.05, 0) is 61.8 Å². The summed E-state index contributed by atoms with van der Waals surface area (Å²) in [5.74, 6) is -3.92. The third kappa shape index (κ3) is 14.1. The number of nitrogens with two attached hydrogens (primary N) is 1. The summed E-state index contributed by atoms with van der Waals surface area (Å²) in [7, 11) is 0. The minimum Gasteiger partial charge on any atom is -0.368 e. The van der Waals surface area contributed by atoms with Gasteiger partial charge in [0, 0.05) is 44.2 Å². The molecule has 15 heteroatoms. The van der Waals surface area contributed by atoms with Gasteiger partial charge < -0.3 is 37.6 Å². The molecule has 0 aliphatic carbocycles. The summed E-state index contributed by atoms with van der Waals surface area (Å²) in [6.45, 7) is 0.579. The van der Waals surface area contributed by atoms with Crippen molar-refractivity contribution in [3.8, 4) is 0 Å².